The number of hydrogen-bond acceptors (Lipinski definition) is 6. The van der Waals surface area contributed by atoms with Crippen molar-refractivity contribution < 1.29 is 14.3 Å². The largest absolute Gasteiger partial charge is 0.461 e. The Hall–Kier alpha value is -1.30. The Morgan fingerprint density at radius 1 is 1.75 bits per heavy atom. The van der Waals surface area contributed by atoms with Gasteiger partial charge in [0.05, 0.1) is 6.61 Å². The molecule has 0 saturated heterocycles. The predicted molar refractivity (Wildman–Crippen MR) is 41.3 cm³/mol. The molecule has 0 saturated carbocycles. The SMILES string of the molecule is CCOC(=O)c1nnsc1C=O. The third kappa shape index (κ3) is 1.65. The first-order valence-corrected chi connectivity index (χ1v) is 4.01. The van der Waals surface area contributed by atoms with Gasteiger partial charge in [0.15, 0.2) is 12.0 Å². The molecular weight excluding hydrogens is 180 g/mol. The fourth-order valence-electron chi connectivity index (χ4n) is 0.616. The van der Waals surface area contributed by atoms with E-state index in [0.29, 0.717) is 6.29 Å². The number of nitrogens with zero attached hydrogens (tertiary/aromatic N) is 2. The molecule has 0 spiro atoms. The summed E-state index contributed by atoms with van der Waals surface area (Å²) >= 11 is 0.874. The third-order valence-electron chi connectivity index (χ3n) is 1.09. The highest BCUT2D eigenvalue weighted by Gasteiger charge is 2.16. The van der Waals surface area contributed by atoms with Gasteiger partial charge in [-0.1, -0.05) is 4.49 Å². The Morgan fingerprint density at radius 2 is 2.50 bits per heavy atom. The first-order valence-electron chi connectivity index (χ1n) is 3.24. The summed E-state index contributed by atoms with van der Waals surface area (Å²) in [5.74, 6) is -0.603. The average molecular weight is 186 g/mol. The van der Waals surface area contributed by atoms with Crippen LogP contribution in [0.15, 0.2) is 0 Å². The monoisotopic (exact) mass is 186 g/mol. The normalized spacial score (nSPS) is 9.42. The van der Waals surface area contributed by atoms with Crippen LogP contribution in [0.2, 0.25) is 0 Å². The number of hydrogen-bond donors (Lipinski definition) is 0. The van der Waals surface area contributed by atoms with Crippen molar-refractivity contribution in [3.8, 4) is 0 Å². The van der Waals surface area contributed by atoms with E-state index in [1.165, 1.54) is 0 Å². The fraction of sp³-hybridized carbons (Fsp3) is 0.333. The molecule has 0 unspecified atom stereocenters. The number of aromatic nitrogens is 2. The first kappa shape index (κ1) is 8.79. The molecule has 0 aliphatic heterocycles. The molecule has 0 fully saturated rings. The van der Waals surface area contributed by atoms with Crippen LogP contribution in [0.3, 0.4) is 0 Å². The highest BCUT2D eigenvalue weighted by molar-refractivity contribution is 7.07. The molecule has 0 atom stereocenters. The van der Waals surface area contributed by atoms with E-state index in [0.717, 1.165) is 11.5 Å². The van der Waals surface area contributed by atoms with Gasteiger partial charge in [-0.15, -0.1) is 5.10 Å². The van der Waals surface area contributed by atoms with Gasteiger partial charge in [0, 0.05) is 0 Å². The topological polar surface area (TPSA) is 69.2 Å². The van der Waals surface area contributed by atoms with Crippen molar-refractivity contribution in [3.05, 3.63) is 10.6 Å². The molecule has 0 bridgehead atoms. The summed E-state index contributed by atoms with van der Waals surface area (Å²) in [6.45, 7) is 1.94. The van der Waals surface area contributed by atoms with E-state index in [1.54, 1.807) is 6.92 Å². The molecule has 0 radical (unpaired) electrons. The van der Waals surface area contributed by atoms with Crippen molar-refractivity contribution in [3.63, 3.8) is 0 Å². The van der Waals surface area contributed by atoms with E-state index >= 15 is 0 Å². The Morgan fingerprint density at radius 3 is 3.08 bits per heavy atom. The minimum absolute atomic E-state index is 0.00292. The zero-order chi connectivity index (χ0) is 8.97. The second kappa shape index (κ2) is 3.91. The van der Waals surface area contributed by atoms with Gasteiger partial charge in [0.1, 0.15) is 4.88 Å². The molecule has 0 aromatic carbocycles. The second-order valence-electron chi connectivity index (χ2n) is 1.82. The quantitative estimate of drug-likeness (QED) is 0.508. The molecule has 0 amide bonds. The van der Waals surface area contributed by atoms with Crippen molar-refractivity contribution in [1.29, 1.82) is 0 Å². The van der Waals surface area contributed by atoms with Crippen LogP contribution in [-0.2, 0) is 4.74 Å². The summed E-state index contributed by atoms with van der Waals surface area (Å²) < 4.78 is 8.09. The predicted octanol–water partition coefficient (Wildman–Crippen LogP) is 0.527. The first-order chi connectivity index (χ1) is 5.79. The standard InChI is InChI=1S/C6H6N2O3S/c1-2-11-6(10)5-4(3-9)12-8-7-5/h3H,2H2,1H3. The number of esters is 1. The van der Waals surface area contributed by atoms with Crippen LogP contribution in [0.25, 0.3) is 0 Å². The van der Waals surface area contributed by atoms with Crippen molar-refractivity contribution in [2.75, 3.05) is 6.61 Å². The molecule has 0 N–H and O–H groups in total. The molecular formula is C6H6N2O3S. The number of carbonyl (C=O) groups is 2. The van der Waals surface area contributed by atoms with E-state index in [4.69, 9.17) is 0 Å². The maximum absolute atomic E-state index is 11.0. The van der Waals surface area contributed by atoms with E-state index in [-0.39, 0.29) is 17.2 Å². The molecule has 12 heavy (non-hydrogen) atoms. The summed E-state index contributed by atoms with van der Waals surface area (Å²) in [6, 6.07) is 0. The van der Waals surface area contributed by atoms with Gasteiger partial charge in [-0.3, -0.25) is 4.79 Å². The molecule has 0 aliphatic rings. The molecule has 5 nitrogen and oxygen atoms in total. The van der Waals surface area contributed by atoms with Gasteiger partial charge in [0.2, 0.25) is 0 Å². The Labute approximate surface area is 72.5 Å². The van der Waals surface area contributed by atoms with E-state index < -0.39 is 5.97 Å². The van der Waals surface area contributed by atoms with Gasteiger partial charge >= 0.3 is 5.97 Å². The summed E-state index contributed by atoms with van der Waals surface area (Å²) in [7, 11) is 0. The lowest BCUT2D eigenvalue weighted by molar-refractivity contribution is 0.0517. The maximum atomic E-state index is 11.0. The van der Waals surface area contributed by atoms with Crippen LogP contribution >= 0.6 is 11.5 Å². The van der Waals surface area contributed by atoms with Gasteiger partial charge in [-0.2, -0.15) is 0 Å². The Bertz CT molecular complexity index is 297. The molecule has 1 rings (SSSR count). The van der Waals surface area contributed by atoms with Crippen LogP contribution in [0, 0.1) is 0 Å². The summed E-state index contributed by atoms with van der Waals surface area (Å²) in [6.07, 6.45) is 0.539. The minimum Gasteiger partial charge on any atom is -0.461 e. The van der Waals surface area contributed by atoms with Gasteiger partial charge in [0.25, 0.3) is 0 Å². The van der Waals surface area contributed by atoms with Crippen LogP contribution in [0.1, 0.15) is 27.1 Å². The Kier molecular flexibility index (Phi) is 2.87. The molecule has 1 aromatic rings. The van der Waals surface area contributed by atoms with Crippen LogP contribution in [-0.4, -0.2) is 28.4 Å². The highest BCUT2D eigenvalue weighted by Crippen LogP contribution is 2.08. The van der Waals surface area contributed by atoms with Gasteiger partial charge in [-0.05, 0) is 18.5 Å². The Balaban J connectivity index is 2.86. The molecule has 6 heteroatoms. The van der Waals surface area contributed by atoms with Crippen LogP contribution < -0.4 is 0 Å². The van der Waals surface area contributed by atoms with Crippen LogP contribution in [0.4, 0.5) is 0 Å². The second-order valence-corrected chi connectivity index (χ2v) is 2.61. The summed E-state index contributed by atoms with van der Waals surface area (Å²) in [5.41, 5.74) is -0.00292. The van der Waals surface area contributed by atoms with Crippen molar-refractivity contribution in [2.45, 2.75) is 6.92 Å². The van der Waals surface area contributed by atoms with E-state index in [1.807, 2.05) is 0 Å². The molecule has 64 valence electrons. The summed E-state index contributed by atoms with van der Waals surface area (Å²) in [5, 5.41) is 3.47. The van der Waals surface area contributed by atoms with Gasteiger partial charge in [-0.25, -0.2) is 4.79 Å². The lowest BCUT2D eigenvalue weighted by Crippen LogP contribution is -2.07. The lowest BCUT2D eigenvalue weighted by atomic mass is 10.4. The molecule has 1 heterocycles. The van der Waals surface area contributed by atoms with E-state index in [9.17, 15) is 9.59 Å². The zero-order valence-electron chi connectivity index (χ0n) is 6.31. The fourth-order valence-corrected chi connectivity index (χ4v) is 1.08. The number of carbonyl (C=O) groups excluding carboxylic acids is 2. The maximum Gasteiger partial charge on any atom is 0.360 e. The number of rotatable bonds is 3. The number of aldehydes is 1. The molecule has 1 aromatic heterocycles. The smallest absolute Gasteiger partial charge is 0.360 e. The zero-order valence-corrected chi connectivity index (χ0v) is 7.13. The lowest BCUT2D eigenvalue weighted by Gasteiger charge is -1.95. The van der Waals surface area contributed by atoms with Gasteiger partial charge < -0.3 is 4.74 Å². The number of ether oxygens (including phenoxy) is 1. The third-order valence-corrected chi connectivity index (χ3v) is 1.74. The van der Waals surface area contributed by atoms with E-state index in [2.05, 4.69) is 14.3 Å². The van der Waals surface area contributed by atoms with Crippen molar-refractivity contribution in [2.24, 2.45) is 0 Å². The van der Waals surface area contributed by atoms with Crippen molar-refractivity contribution in [1.82, 2.24) is 9.59 Å². The molecule has 0 aliphatic carbocycles. The van der Waals surface area contributed by atoms with Crippen molar-refractivity contribution >= 4 is 23.8 Å². The van der Waals surface area contributed by atoms with Crippen LogP contribution in [0.5, 0.6) is 0 Å². The highest BCUT2D eigenvalue weighted by atomic mass is 32.1. The average Bonchev–Trinajstić information content (AvgIpc) is 2.51. The summed E-state index contributed by atoms with van der Waals surface area (Å²) in [4.78, 5) is 21.5. The minimum atomic E-state index is -0.603.